The largest absolute Gasteiger partial charge is 0.504 e. The van der Waals surface area contributed by atoms with Gasteiger partial charge < -0.3 is 119 Å². The molecule has 376 valence electrons. The highest BCUT2D eigenvalue weighted by atomic mass is 16.7. The van der Waals surface area contributed by atoms with Gasteiger partial charge in [-0.1, -0.05) is 0 Å². The third-order valence-electron chi connectivity index (χ3n) is 10.8. The normalized spacial score (nSPS) is 25.1. The number of phenols is 8. The van der Waals surface area contributed by atoms with Gasteiger partial charge in [-0.05, 0) is 24.3 Å². The lowest BCUT2D eigenvalue weighted by molar-refractivity contribution is -0.277. The van der Waals surface area contributed by atoms with Crippen molar-refractivity contribution in [1.82, 2.24) is 0 Å². The fourth-order valence-electron chi connectivity index (χ4n) is 7.07. The topological polar surface area (TPSA) is 444 Å². The highest BCUT2D eigenvalue weighted by Gasteiger charge is 2.48. The number of aromatic hydroxyl groups is 8. The Kier molecular flexibility index (Phi) is 14.0. The zero-order valence-electron chi connectivity index (χ0n) is 35.6. The Morgan fingerprint density at radius 2 is 0.814 bits per heavy atom. The van der Waals surface area contributed by atoms with Crippen LogP contribution in [-0.2, 0) is 18.9 Å². The summed E-state index contributed by atoms with van der Waals surface area (Å²) >= 11 is 0. The highest BCUT2D eigenvalue weighted by Crippen LogP contribution is 2.52. The Labute approximate surface area is 389 Å². The molecule has 0 aliphatic carbocycles. The molecular formula is C42H40O28. The van der Waals surface area contributed by atoms with Crippen molar-refractivity contribution in [2.45, 2.75) is 61.4 Å². The molecule has 70 heavy (non-hydrogen) atoms. The number of fused-ring (bicyclic) bond motifs is 2. The van der Waals surface area contributed by atoms with Gasteiger partial charge in [-0.2, -0.15) is 0 Å². The average Bonchev–Trinajstić information content (AvgIpc) is 3.32. The van der Waals surface area contributed by atoms with Crippen molar-refractivity contribution in [2.75, 3.05) is 27.4 Å². The van der Waals surface area contributed by atoms with Crippen LogP contribution in [0.2, 0.25) is 0 Å². The number of carbonyl (C=O) groups is 4. The number of rotatable bonds is 12. The van der Waals surface area contributed by atoms with E-state index in [0.29, 0.717) is 0 Å². The van der Waals surface area contributed by atoms with Crippen LogP contribution in [-0.4, -0.2) is 184 Å². The standard InChI is InChI=1S/C42H40O28/c1-61-35-19(65-41-29(53)27(51)25(49)21(67-41)9-63-37(57)11-3-15(43)23(47)16(44)4-11)7-13-33(31(35)55)69-40(60)14-8-20(36(62-2)32(56)34(14)70-39(13)59)66-42-30(54)28(52)26(50)22(68-42)10-64-38(58)12-5-17(45)24(48)18(46)6-12/h3-8,21-22,25-30,41-56H,9-10H2,1-2H3/t21-,22-,25-,26-,27+,28+,29-,30-,41-,42-/m1/s1. The molecule has 0 bridgehead atoms. The van der Waals surface area contributed by atoms with Gasteiger partial charge in [-0.25, -0.2) is 19.2 Å². The molecule has 2 fully saturated rings. The van der Waals surface area contributed by atoms with E-state index in [9.17, 15) is 90.7 Å². The Hall–Kier alpha value is -7.96. The molecule has 28 nitrogen and oxygen atoms in total. The van der Waals surface area contributed by atoms with Crippen molar-refractivity contribution in [2.24, 2.45) is 0 Å². The van der Waals surface area contributed by atoms with E-state index in [-0.39, 0.29) is 0 Å². The lowest BCUT2D eigenvalue weighted by Gasteiger charge is -2.40. The molecule has 4 aromatic rings. The zero-order valence-corrected chi connectivity index (χ0v) is 35.6. The second-order valence-electron chi connectivity index (χ2n) is 15.2. The quantitative estimate of drug-likeness (QED) is 0.0422. The number of esters is 4. The zero-order chi connectivity index (χ0) is 51.2. The number of ether oxygens (including phenoxy) is 10. The summed E-state index contributed by atoms with van der Waals surface area (Å²) in [5.41, 5.74) is -2.57. The lowest BCUT2D eigenvalue weighted by atomic mass is 9.99. The molecule has 3 aliphatic heterocycles. The average molecular weight is 993 g/mol. The molecule has 0 saturated carbocycles. The minimum atomic E-state index is -2.11. The summed E-state index contributed by atoms with van der Waals surface area (Å²) in [6, 6.07) is 4.49. The molecule has 28 heteroatoms. The van der Waals surface area contributed by atoms with E-state index in [1.807, 2.05) is 0 Å². The van der Waals surface area contributed by atoms with Crippen molar-refractivity contribution < 1.29 is 138 Å². The molecule has 10 atom stereocenters. The number of hydrogen-bond acceptors (Lipinski definition) is 28. The maximum atomic E-state index is 13.8. The van der Waals surface area contributed by atoms with E-state index in [1.165, 1.54) is 0 Å². The first-order valence-corrected chi connectivity index (χ1v) is 20.0. The first-order chi connectivity index (χ1) is 33.1. The summed E-state index contributed by atoms with van der Waals surface area (Å²) in [6.07, 6.45) is -19.7. The minimum Gasteiger partial charge on any atom is -0.504 e. The Morgan fingerprint density at radius 1 is 0.486 bits per heavy atom. The highest BCUT2D eigenvalue weighted by molar-refractivity contribution is 6.04. The Balaban J connectivity index is 1.11. The van der Waals surface area contributed by atoms with Crippen molar-refractivity contribution in [3.05, 3.63) is 58.7 Å². The summed E-state index contributed by atoms with van der Waals surface area (Å²) in [6.45, 7) is -1.75. The number of carbonyl (C=O) groups excluding carboxylic acids is 4. The number of aliphatic hydroxyl groups excluding tert-OH is 6. The van der Waals surface area contributed by atoms with Gasteiger partial charge >= 0.3 is 23.9 Å². The van der Waals surface area contributed by atoms with E-state index < -0.39 is 201 Å². The van der Waals surface area contributed by atoms with E-state index in [1.54, 1.807) is 0 Å². The number of aliphatic hydroxyl groups is 6. The van der Waals surface area contributed by atoms with Gasteiger partial charge in [-0.3, -0.25) is 0 Å². The summed E-state index contributed by atoms with van der Waals surface area (Å²) in [5.74, 6) is -17.7. The molecule has 3 aliphatic rings. The van der Waals surface area contributed by atoms with Gasteiger partial charge in [0, 0.05) is 12.1 Å². The van der Waals surface area contributed by atoms with Gasteiger partial charge in [0.15, 0.2) is 57.5 Å². The van der Waals surface area contributed by atoms with Crippen molar-refractivity contribution in [3.63, 3.8) is 0 Å². The van der Waals surface area contributed by atoms with Gasteiger partial charge in [0.25, 0.3) is 0 Å². The summed E-state index contributed by atoms with van der Waals surface area (Å²) in [5, 5.41) is 145. The predicted molar refractivity (Wildman–Crippen MR) is 217 cm³/mol. The van der Waals surface area contributed by atoms with Crippen LogP contribution in [0.5, 0.6) is 80.5 Å². The third-order valence-corrected chi connectivity index (χ3v) is 10.8. The van der Waals surface area contributed by atoms with E-state index in [0.717, 1.165) is 50.6 Å². The van der Waals surface area contributed by atoms with Crippen molar-refractivity contribution >= 4 is 23.9 Å². The first-order valence-electron chi connectivity index (χ1n) is 20.0. The van der Waals surface area contributed by atoms with Crippen LogP contribution in [0.25, 0.3) is 0 Å². The SMILES string of the molecule is COc1c(O[C@@H]2O[C@H](COC(=O)c3cc(O)c(O)c(O)c3)[C@@H](O)[C@H](O)[C@H]2O)cc2c(c1O)OC(=O)c1cc(O[C@@H]3O[C@H](COC(=O)c4cc(O)c(O)c(O)c4)[C@@H](O)[C@H](O)[C@H]3O)c(OC)c(O)c1OC2=O. The van der Waals surface area contributed by atoms with E-state index in [2.05, 4.69) is 0 Å². The van der Waals surface area contributed by atoms with Crippen molar-refractivity contribution in [3.8, 4) is 80.5 Å². The predicted octanol–water partition coefficient (Wildman–Crippen LogP) is -1.81. The van der Waals surface area contributed by atoms with Crippen LogP contribution in [0.15, 0.2) is 36.4 Å². The summed E-state index contributed by atoms with van der Waals surface area (Å²) in [4.78, 5) is 52.8. The number of hydrogen-bond donors (Lipinski definition) is 14. The van der Waals surface area contributed by atoms with Gasteiger partial charge in [-0.15, -0.1) is 0 Å². The van der Waals surface area contributed by atoms with Crippen LogP contribution >= 0.6 is 0 Å². The molecule has 14 N–H and O–H groups in total. The van der Waals surface area contributed by atoms with Crippen LogP contribution < -0.4 is 28.4 Å². The van der Waals surface area contributed by atoms with Crippen LogP contribution in [0, 0.1) is 0 Å². The Morgan fingerprint density at radius 3 is 1.13 bits per heavy atom. The van der Waals surface area contributed by atoms with Gasteiger partial charge in [0.2, 0.25) is 35.6 Å². The molecule has 0 spiro atoms. The van der Waals surface area contributed by atoms with Crippen LogP contribution in [0.3, 0.4) is 0 Å². The molecule has 0 unspecified atom stereocenters. The maximum Gasteiger partial charge on any atom is 0.347 e. The molecule has 7 rings (SSSR count). The van der Waals surface area contributed by atoms with Gasteiger partial charge in [0.05, 0.1) is 25.3 Å². The number of benzene rings is 4. The molecule has 0 aromatic heterocycles. The molecule has 2 saturated heterocycles. The smallest absolute Gasteiger partial charge is 0.347 e. The molecule has 3 heterocycles. The monoisotopic (exact) mass is 992 g/mol. The second kappa shape index (κ2) is 19.6. The summed E-state index contributed by atoms with van der Waals surface area (Å²) in [7, 11) is 1.94. The molecule has 0 radical (unpaired) electrons. The number of methoxy groups -OCH3 is 2. The first kappa shape index (κ1) is 49.9. The maximum absolute atomic E-state index is 13.8. The van der Waals surface area contributed by atoms with Gasteiger partial charge in [0.1, 0.15) is 73.2 Å². The van der Waals surface area contributed by atoms with Crippen molar-refractivity contribution in [1.29, 1.82) is 0 Å². The van der Waals surface area contributed by atoms with Crippen LogP contribution in [0.4, 0.5) is 0 Å². The summed E-state index contributed by atoms with van der Waals surface area (Å²) < 4.78 is 53.7. The molecule has 0 amide bonds. The minimum absolute atomic E-state index is 0.464. The van der Waals surface area contributed by atoms with E-state index >= 15 is 0 Å². The molecule has 4 aromatic carbocycles. The lowest BCUT2D eigenvalue weighted by Crippen LogP contribution is -2.60. The number of phenolic OH excluding ortho intramolecular Hbond substituents is 8. The van der Waals surface area contributed by atoms with Crippen LogP contribution in [0.1, 0.15) is 41.4 Å². The fraction of sp³-hybridized carbons (Fsp3) is 0.333. The fourth-order valence-corrected chi connectivity index (χ4v) is 7.07. The second-order valence-corrected chi connectivity index (χ2v) is 15.2. The van der Waals surface area contributed by atoms with E-state index in [4.69, 9.17) is 47.4 Å². The molecular weight excluding hydrogens is 952 g/mol. The third kappa shape index (κ3) is 9.30. The Bertz CT molecular complexity index is 2490.